The average molecular weight is 419 g/mol. The van der Waals surface area contributed by atoms with E-state index in [2.05, 4.69) is 67.6 Å². The lowest BCUT2D eigenvalue weighted by atomic mass is 10.1. The van der Waals surface area contributed by atoms with E-state index in [1.807, 2.05) is 0 Å². The van der Waals surface area contributed by atoms with Crippen LogP contribution in [0.3, 0.4) is 0 Å². The summed E-state index contributed by atoms with van der Waals surface area (Å²) in [6.07, 6.45) is 0. The molecule has 0 heterocycles. The Morgan fingerprint density at radius 1 is 1.14 bits per heavy atom. The normalized spacial score (nSPS) is 12.7. The number of methoxy groups -OCH3 is 1. The van der Waals surface area contributed by atoms with Crippen LogP contribution >= 0.6 is 24.0 Å². The van der Waals surface area contributed by atoms with Crippen LogP contribution in [-0.4, -0.2) is 25.7 Å². The van der Waals surface area contributed by atoms with Gasteiger partial charge in [-0.3, -0.25) is 0 Å². The summed E-state index contributed by atoms with van der Waals surface area (Å²) in [6.45, 7) is 10.9. The van der Waals surface area contributed by atoms with E-state index in [0.29, 0.717) is 25.1 Å². The third-order valence-corrected chi connectivity index (χ3v) is 3.46. The van der Waals surface area contributed by atoms with Crippen molar-refractivity contribution in [3.63, 3.8) is 0 Å². The second-order valence-corrected chi connectivity index (χ2v) is 5.62. The molecule has 0 aromatic heterocycles. The summed E-state index contributed by atoms with van der Waals surface area (Å²) in [5, 5.41) is 6.73. The summed E-state index contributed by atoms with van der Waals surface area (Å²) < 4.78 is 5.12. The lowest BCUT2D eigenvalue weighted by molar-refractivity contribution is 0.185. The molecule has 0 fully saturated rings. The van der Waals surface area contributed by atoms with Crippen LogP contribution in [0.15, 0.2) is 29.3 Å². The van der Waals surface area contributed by atoms with Crippen molar-refractivity contribution >= 4 is 29.9 Å². The maximum atomic E-state index is 5.12. The zero-order chi connectivity index (χ0) is 15.7. The van der Waals surface area contributed by atoms with Crippen molar-refractivity contribution in [2.24, 2.45) is 10.9 Å². The molecule has 0 saturated carbocycles. The molecule has 4 nitrogen and oxygen atoms in total. The van der Waals surface area contributed by atoms with Crippen molar-refractivity contribution in [1.29, 1.82) is 0 Å². The van der Waals surface area contributed by atoms with Crippen molar-refractivity contribution in [2.45, 2.75) is 46.9 Å². The SMILES string of the molecule is CCNC(=NCc1ccc(COC)cc1)NC(C)C(C)C.I. The Morgan fingerprint density at radius 2 is 1.73 bits per heavy atom. The third-order valence-electron chi connectivity index (χ3n) is 3.46. The van der Waals surface area contributed by atoms with Gasteiger partial charge in [-0.15, -0.1) is 24.0 Å². The molecule has 0 saturated heterocycles. The molecule has 5 heteroatoms. The fraction of sp³-hybridized carbons (Fsp3) is 0.588. The third kappa shape index (κ3) is 7.98. The number of halogens is 1. The van der Waals surface area contributed by atoms with Crippen LogP contribution in [-0.2, 0) is 17.9 Å². The molecule has 0 spiro atoms. The Balaban J connectivity index is 0.00000441. The van der Waals surface area contributed by atoms with Crippen molar-refractivity contribution < 1.29 is 4.74 Å². The quantitative estimate of drug-likeness (QED) is 0.404. The maximum absolute atomic E-state index is 5.12. The molecule has 1 aromatic carbocycles. The van der Waals surface area contributed by atoms with Gasteiger partial charge in [0.25, 0.3) is 0 Å². The molecule has 0 radical (unpaired) electrons. The summed E-state index contributed by atoms with van der Waals surface area (Å²) >= 11 is 0. The Kier molecular flexibility index (Phi) is 11.3. The highest BCUT2D eigenvalue weighted by Gasteiger charge is 2.08. The van der Waals surface area contributed by atoms with E-state index >= 15 is 0 Å². The summed E-state index contributed by atoms with van der Waals surface area (Å²) in [7, 11) is 1.71. The molecule has 2 N–H and O–H groups in total. The number of rotatable bonds is 7. The number of aliphatic imine (C=N–C) groups is 1. The Labute approximate surface area is 152 Å². The standard InChI is InChI=1S/C17H29N3O.HI/c1-6-18-17(20-14(4)13(2)3)19-11-15-7-9-16(10-8-15)12-21-5;/h7-10,13-14H,6,11-12H2,1-5H3,(H2,18,19,20);1H. The van der Waals surface area contributed by atoms with Gasteiger partial charge in [0.2, 0.25) is 0 Å². The zero-order valence-electron chi connectivity index (χ0n) is 14.3. The van der Waals surface area contributed by atoms with Crippen molar-refractivity contribution in [1.82, 2.24) is 10.6 Å². The van der Waals surface area contributed by atoms with Gasteiger partial charge >= 0.3 is 0 Å². The molecule has 0 aliphatic carbocycles. The molecule has 0 amide bonds. The van der Waals surface area contributed by atoms with Crippen LogP contribution in [0, 0.1) is 5.92 Å². The first kappa shape index (κ1) is 21.2. The van der Waals surface area contributed by atoms with Gasteiger partial charge in [-0.05, 0) is 30.9 Å². The van der Waals surface area contributed by atoms with E-state index < -0.39 is 0 Å². The molecule has 1 aromatic rings. The maximum Gasteiger partial charge on any atom is 0.191 e. The summed E-state index contributed by atoms with van der Waals surface area (Å²) in [5.41, 5.74) is 2.38. The Hall–Kier alpha value is -0.820. The lowest BCUT2D eigenvalue weighted by Gasteiger charge is -2.20. The van der Waals surface area contributed by atoms with Crippen molar-refractivity contribution in [3.05, 3.63) is 35.4 Å². The number of nitrogens with zero attached hydrogens (tertiary/aromatic N) is 1. The molecular formula is C17H30IN3O. The van der Waals surface area contributed by atoms with Gasteiger partial charge in [0, 0.05) is 19.7 Å². The molecule has 1 rings (SSSR count). The number of guanidine groups is 1. The van der Waals surface area contributed by atoms with Crippen molar-refractivity contribution in [3.8, 4) is 0 Å². The molecule has 126 valence electrons. The number of hydrogen-bond acceptors (Lipinski definition) is 2. The lowest BCUT2D eigenvalue weighted by Crippen LogP contribution is -2.44. The van der Waals surface area contributed by atoms with Crippen LogP contribution < -0.4 is 10.6 Å². The van der Waals surface area contributed by atoms with E-state index in [1.165, 1.54) is 11.1 Å². The second-order valence-electron chi connectivity index (χ2n) is 5.62. The topological polar surface area (TPSA) is 45.7 Å². The minimum atomic E-state index is 0. The average Bonchev–Trinajstić information content (AvgIpc) is 2.46. The minimum Gasteiger partial charge on any atom is -0.380 e. The molecular weight excluding hydrogens is 389 g/mol. The van der Waals surface area contributed by atoms with E-state index in [0.717, 1.165) is 12.5 Å². The number of hydrogen-bond donors (Lipinski definition) is 2. The van der Waals surface area contributed by atoms with Crippen LogP contribution in [0.2, 0.25) is 0 Å². The largest absolute Gasteiger partial charge is 0.380 e. The van der Waals surface area contributed by atoms with Gasteiger partial charge < -0.3 is 15.4 Å². The fourth-order valence-electron chi connectivity index (χ4n) is 1.78. The predicted molar refractivity (Wildman–Crippen MR) is 105 cm³/mol. The number of nitrogens with one attached hydrogen (secondary N) is 2. The molecule has 22 heavy (non-hydrogen) atoms. The minimum absolute atomic E-state index is 0. The van der Waals surface area contributed by atoms with E-state index in [-0.39, 0.29) is 24.0 Å². The summed E-state index contributed by atoms with van der Waals surface area (Å²) in [5.74, 6) is 1.45. The summed E-state index contributed by atoms with van der Waals surface area (Å²) in [4.78, 5) is 4.64. The highest BCUT2D eigenvalue weighted by molar-refractivity contribution is 14.0. The predicted octanol–water partition coefficient (Wildman–Crippen LogP) is 3.55. The van der Waals surface area contributed by atoms with Gasteiger partial charge in [-0.1, -0.05) is 38.1 Å². The number of ether oxygens (including phenoxy) is 1. The van der Waals surface area contributed by atoms with Crippen molar-refractivity contribution in [2.75, 3.05) is 13.7 Å². The van der Waals surface area contributed by atoms with Crippen LogP contribution in [0.4, 0.5) is 0 Å². The van der Waals surface area contributed by atoms with Crippen LogP contribution in [0.5, 0.6) is 0 Å². The van der Waals surface area contributed by atoms with Gasteiger partial charge in [-0.2, -0.15) is 0 Å². The molecule has 1 atom stereocenters. The van der Waals surface area contributed by atoms with Gasteiger partial charge in [0.15, 0.2) is 5.96 Å². The molecule has 0 aliphatic rings. The Morgan fingerprint density at radius 3 is 2.23 bits per heavy atom. The number of benzene rings is 1. The van der Waals surface area contributed by atoms with E-state index in [1.54, 1.807) is 7.11 Å². The van der Waals surface area contributed by atoms with E-state index in [4.69, 9.17) is 4.74 Å². The molecule has 0 bridgehead atoms. The first-order chi connectivity index (χ1) is 10.1. The fourth-order valence-corrected chi connectivity index (χ4v) is 1.78. The van der Waals surface area contributed by atoms with E-state index in [9.17, 15) is 0 Å². The smallest absolute Gasteiger partial charge is 0.191 e. The first-order valence-electron chi connectivity index (χ1n) is 7.68. The highest BCUT2D eigenvalue weighted by Crippen LogP contribution is 2.07. The highest BCUT2D eigenvalue weighted by atomic mass is 127. The Bertz CT molecular complexity index is 432. The van der Waals surface area contributed by atoms with Crippen LogP contribution in [0.25, 0.3) is 0 Å². The monoisotopic (exact) mass is 419 g/mol. The zero-order valence-corrected chi connectivity index (χ0v) is 16.7. The first-order valence-corrected chi connectivity index (χ1v) is 7.68. The van der Waals surface area contributed by atoms with Crippen LogP contribution in [0.1, 0.15) is 38.8 Å². The molecule has 1 unspecified atom stereocenters. The summed E-state index contributed by atoms with van der Waals surface area (Å²) in [6, 6.07) is 8.78. The van der Waals surface area contributed by atoms with Gasteiger partial charge in [-0.25, -0.2) is 4.99 Å². The van der Waals surface area contributed by atoms with Gasteiger partial charge in [0.1, 0.15) is 0 Å². The van der Waals surface area contributed by atoms with Gasteiger partial charge in [0.05, 0.1) is 13.2 Å². The second kappa shape index (κ2) is 11.7. The molecule has 0 aliphatic heterocycles.